The molecule has 1 aliphatic carbocycles. The molecular weight excluding hydrogens is 398 g/mol. The summed E-state index contributed by atoms with van der Waals surface area (Å²) in [5.41, 5.74) is 4.92. The van der Waals surface area contributed by atoms with Gasteiger partial charge in [-0.1, -0.05) is 19.9 Å². The molecule has 1 amide bonds. The third-order valence-corrected chi connectivity index (χ3v) is 6.67. The minimum Gasteiger partial charge on any atom is -0.368 e. The maximum atomic E-state index is 13.6. The number of likely N-dealkylation sites (N-methyl/N-ethyl adjacent to an activating group) is 1. The second kappa shape index (κ2) is 8.83. The predicted molar refractivity (Wildman–Crippen MR) is 107 cm³/mol. The third-order valence-electron chi connectivity index (χ3n) is 6.67. The molecule has 3 rings (SSSR count). The Morgan fingerprint density at radius 2 is 1.97 bits per heavy atom. The number of alkyl halides is 3. The summed E-state index contributed by atoms with van der Waals surface area (Å²) in [4.78, 5) is 16.3. The molecule has 0 radical (unpaired) electrons. The summed E-state index contributed by atoms with van der Waals surface area (Å²) in [6, 6.07) is 3.16. The molecule has 2 aliphatic rings. The van der Waals surface area contributed by atoms with Crippen LogP contribution in [0.25, 0.3) is 0 Å². The summed E-state index contributed by atoms with van der Waals surface area (Å²) < 4.78 is 52.6. The van der Waals surface area contributed by atoms with Crippen LogP contribution in [0, 0.1) is 23.6 Å². The maximum Gasteiger partial charge on any atom is 0.419 e. The number of carbonyl (C=O) groups is 1. The van der Waals surface area contributed by atoms with Crippen LogP contribution in [0.15, 0.2) is 18.2 Å². The smallest absolute Gasteiger partial charge is 0.368 e. The third kappa shape index (κ3) is 4.97. The molecule has 1 aromatic rings. The molecule has 0 bridgehead atoms. The van der Waals surface area contributed by atoms with Crippen LogP contribution >= 0.6 is 0 Å². The number of fused-ring (bicyclic) bond motifs is 1. The van der Waals surface area contributed by atoms with E-state index in [0.29, 0.717) is 36.3 Å². The molecule has 1 heterocycles. The van der Waals surface area contributed by atoms with Crippen molar-refractivity contribution in [2.24, 2.45) is 23.5 Å². The van der Waals surface area contributed by atoms with Gasteiger partial charge in [0.05, 0.1) is 11.6 Å². The van der Waals surface area contributed by atoms with Gasteiger partial charge in [0.25, 0.3) is 0 Å². The first-order chi connectivity index (χ1) is 14.0. The average molecular weight is 430 g/mol. The van der Waals surface area contributed by atoms with E-state index in [4.69, 9.17) is 5.73 Å². The van der Waals surface area contributed by atoms with Gasteiger partial charge in [-0.3, -0.25) is 14.6 Å². The van der Waals surface area contributed by atoms with Crippen LogP contribution < -0.4 is 5.73 Å². The minimum absolute atomic E-state index is 0.232. The van der Waals surface area contributed by atoms with Crippen LogP contribution in [-0.2, 0) is 17.5 Å². The van der Waals surface area contributed by atoms with E-state index in [2.05, 4.69) is 23.6 Å². The SMILES string of the molecule is CC(C)C[C@@H](C(N)=O)N(C)[C@@H]1CC[C@H]2CN(Cc3ccc(F)c(C(F)(F)F)c3)C[C@H]21. The largest absolute Gasteiger partial charge is 0.419 e. The number of amides is 1. The number of hydrogen-bond donors (Lipinski definition) is 1. The summed E-state index contributed by atoms with van der Waals surface area (Å²) in [6.45, 7) is 6.05. The number of nitrogens with two attached hydrogens (primary N) is 1. The molecule has 1 aliphatic heterocycles. The quantitative estimate of drug-likeness (QED) is 0.669. The molecule has 0 unspecified atom stereocenters. The molecule has 168 valence electrons. The lowest BCUT2D eigenvalue weighted by Crippen LogP contribution is -2.50. The Balaban J connectivity index is 1.68. The molecular formula is C22H31F4N3O. The molecule has 30 heavy (non-hydrogen) atoms. The standard InChI is InChI=1S/C22H31F4N3O/c1-13(2)8-20(21(27)30)28(3)19-7-5-15-11-29(12-16(15)19)10-14-4-6-18(23)17(9-14)22(24,25)26/h4,6,9,13,15-16,19-20H,5,7-8,10-12H2,1-3H3,(H2,27,30)/t15-,16+,19+,20-/m0/s1. The monoisotopic (exact) mass is 429 g/mol. The predicted octanol–water partition coefficient (Wildman–Crippen LogP) is 3.89. The summed E-state index contributed by atoms with van der Waals surface area (Å²) in [6.07, 6.45) is -1.97. The molecule has 8 heteroatoms. The highest BCUT2D eigenvalue weighted by atomic mass is 19.4. The van der Waals surface area contributed by atoms with Crippen LogP contribution in [0.5, 0.6) is 0 Å². The fourth-order valence-corrected chi connectivity index (χ4v) is 5.27. The molecule has 1 saturated heterocycles. The molecule has 2 N–H and O–H groups in total. The lowest BCUT2D eigenvalue weighted by Gasteiger charge is -2.35. The number of nitrogens with zero attached hydrogens (tertiary/aromatic N) is 2. The summed E-state index contributed by atoms with van der Waals surface area (Å²) in [7, 11) is 1.96. The van der Waals surface area contributed by atoms with E-state index >= 15 is 0 Å². The van der Waals surface area contributed by atoms with Gasteiger partial charge in [0.15, 0.2) is 0 Å². The maximum absolute atomic E-state index is 13.6. The van der Waals surface area contributed by atoms with E-state index in [1.807, 2.05) is 7.05 Å². The first-order valence-corrected chi connectivity index (χ1v) is 10.6. The molecule has 4 nitrogen and oxygen atoms in total. The van der Waals surface area contributed by atoms with E-state index in [0.717, 1.165) is 38.1 Å². The van der Waals surface area contributed by atoms with E-state index in [1.165, 1.54) is 6.07 Å². The summed E-state index contributed by atoms with van der Waals surface area (Å²) in [5, 5.41) is 0. The van der Waals surface area contributed by atoms with Crippen LogP contribution in [0.2, 0.25) is 0 Å². The number of hydrogen-bond acceptors (Lipinski definition) is 3. The Hall–Kier alpha value is -1.67. The molecule has 0 spiro atoms. The van der Waals surface area contributed by atoms with E-state index in [9.17, 15) is 22.4 Å². The van der Waals surface area contributed by atoms with Gasteiger partial charge in [0.2, 0.25) is 5.91 Å². The number of rotatable bonds is 7. The van der Waals surface area contributed by atoms with Gasteiger partial charge in [0, 0.05) is 25.7 Å². The van der Waals surface area contributed by atoms with E-state index < -0.39 is 17.6 Å². The number of halogens is 4. The van der Waals surface area contributed by atoms with Gasteiger partial charge >= 0.3 is 6.18 Å². The van der Waals surface area contributed by atoms with Crippen LogP contribution in [0.3, 0.4) is 0 Å². The normalized spacial score (nSPS) is 25.8. The highest BCUT2D eigenvalue weighted by Crippen LogP contribution is 2.42. The highest BCUT2D eigenvalue weighted by Gasteiger charge is 2.46. The lowest BCUT2D eigenvalue weighted by atomic mass is 9.94. The zero-order valence-corrected chi connectivity index (χ0v) is 17.8. The van der Waals surface area contributed by atoms with Crippen molar-refractivity contribution in [3.63, 3.8) is 0 Å². The number of carbonyl (C=O) groups excluding carboxylic acids is 1. The second-order valence-corrected chi connectivity index (χ2v) is 9.29. The van der Waals surface area contributed by atoms with Gasteiger partial charge in [-0.2, -0.15) is 13.2 Å². The fourth-order valence-electron chi connectivity index (χ4n) is 5.27. The molecule has 4 atom stereocenters. The number of likely N-dealkylation sites (tertiary alicyclic amines) is 1. The van der Waals surface area contributed by atoms with Crippen molar-refractivity contribution < 1.29 is 22.4 Å². The zero-order valence-electron chi connectivity index (χ0n) is 17.8. The number of primary amides is 1. The Kier molecular flexibility index (Phi) is 6.77. The van der Waals surface area contributed by atoms with Gasteiger partial charge in [-0.25, -0.2) is 4.39 Å². The fraction of sp³-hybridized carbons (Fsp3) is 0.682. The van der Waals surface area contributed by atoms with Crippen molar-refractivity contribution in [3.8, 4) is 0 Å². The van der Waals surface area contributed by atoms with Gasteiger partial charge < -0.3 is 5.73 Å². The topological polar surface area (TPSA) is 49.6 Å². The van der Waals surface area contributed by atoms with Crippen molar-refractivity contribution in [2.45, 2.75) is 57.9 Å². The van der Waals surface area contributed by atoms with Crippen LogP contribution in [0.1, 0.15) is 44.2 Å². The minimum atomic E-state index is -4.70. The Morgan fingerprint density at radius 3 is 2.57 bits per heavy atom. The summed E-state index contributed by atoms with van der Waals surface area (Å²) >= 11 is 0. The summed E-state index contributed by atoms with van der Waals surface area (Å²) in [5.74, 6) is -0.396. The van der Waals surface area contributed by atoms with Crippen molar-refractivity contribution in [3.05, 3.63) is 35.1 Å². The van der Waals surface area contributed by atoms with Crippen molar-refractivity contribution in [1.29, 1.82) is 0 Å². The second-order valence-electron chi connectivity index (χ2n) is 9.29. The van der Waals surface area contributed by atoms with Crippen molar-refractivity contribution in [1.82, 2.24) is 9.80 Å². The molecule has 0 aromatic heterocycles. The van der Waals surface area contributed by atoms with Gasteiger partial charge in [0.1, 0.15) is 5.82 Å². The molecule has 1 aromatic carbocycles. The van der Waals surface area contributed by atoms with Crippen molar-refractivity contribution in [2.75, 3.05) is 20.1 Å². The van der Waals surface area contributed by atoms with E-state index in [-0.39, 0.29) is 18.0 Å². The lowest BCUT2D eigenvalue weighted by molar-refractivity contribution is -0.140. The first-order valence-electron chi connectivity index (χ1n) is 10.6. The Morgan fingerprint density at radius 1 is 1.27 bits per heavy atom. The van der Waals surface area contributed by atoms with E-state index in [1.54, 1.807) is 0 Å². The molecule has 1 saturated carbocycles. The van der Waals surface area contributed by atoms with Gasteiger partial charge in [-0.05, 0) is 61.8 Å². The first kappa shape index (κ1) is 23.0. The Bertz CT molecular complexity index is 767. The molecule has 2 fully saturated rings. The average Bonchev–Trinajstić information content (AvgIpc) is 3.19. The Labute approximate surface area is 175 Å². The van der Waals surface area contributed by atoms with Crippen LogP contribution in [-0.4, -0.2) is 47.9 Å². The van der Waals surface area contributed by atoms with Gasteiger partial charge in [-0.15, -0.1) is 0 Å². The highest BCUT2D eigenvalue weighted by molar-refractivity contribution is 5.79. The van der Waals surface area contributed by atoms with Crippen LogP contribution in [0.4, 0.5) is 17.6 Å². The number of benzene rings is 1. The zero-order chi connectivity index (χ0) is 22.2. The van der Waals surface area contributed by atoms with Crippen molar-refractivity contribution >= 4 is 5.91 Å².